The predicted molar refractivity (Wildman–Crippen MR) is 137 cm³/mol. The van der Waals surface area contributed by atoms with E-state index in [4.69, 9.17) is 5.73 Å². The number of nitrogens with one attached hydrogen (secondary N) is 3. The molecular weight excluding hydrogens is 493 g/mol. The highest BCUT2D eigenvalue weighted by Gasteiger charge is 2.23. The van der Waals surface area contributed by atoms with Gasteiger partial charge in [-0.2, -0.15) is 4.68 Å². The average molecular weight is 518 g/mol. The third kappa shape index (κ3) is 4.39. The summed E-state index contributed by atoms with van der Waals surface area (Å²) in [5, 5.41) is 13.9. The molecule has 5 aromatic rings. The maximum Gasteiger partial charge on any atom is 0.352 e. The molecule has 194 valence electrons. The molecule has 2 amide bonds. The molecule has 0 atom stereocenters. The smallest absolute Gasteiger partial charge is 0.352 e. The summed E-state index contributed by atoms with van der Waals surface area (Å²) < 4.78 is 16.0. The molecule has 2 aromatic carbocycles. The number of aromatic nitrogens is 6. The van der Waals surface area contributed by atoms with E-state index in [2.05, 4.69) is 55.2 Å². The zero-order chi connectivity index (χ0) is 27.0. The number of nitrogens with zero attached hydrogens (tertiary/aromatic N) is 5. The highest BCUT2D eigenvalue weighted by Crippen LogP contribution is 2.34. The fraction of sp³-hybridized carbons (Fsp3) is 0.200. The zero-order valence-electron chi connectivity index (χ0n) is 20.6. The lowest BCUT2D eigenvalue weighted by Crippen LogP contribution is -2.27. The SMILES string of the molecule is CNCc1ccc(-c2[nH]c3cc(F)cc4c3c2CCNC4=O)cc1.Cn1nnc2c(C(N)=O)ncn2c1=O. The molecule has 0 spiro atoms. The number of carbonyl (C=O) groups is 2. The fourth-order valence-corrected chi connectivity index (χ4v) is 4.49. The first-order valence-electron chi connectivity index (χ1n) is 11.7. The van der Waals surface area contributed by atoms with Gasteiger partial charge in [-0.05, 0) is 42.3 Å². The van der Waals surface area contributed by atoms with Crippen molar-refractivity contribution in [1.29, 1.82) is 0 Å². The van der Waals surface area contributed by atoms with Gasteiger partial charge >= 0.3 is 5.69 Å². The Morgan fingerprint density at radius 3 is 2.68 bits per heavy atom. The summed E-state index contributed by atoms with van der Waals surface area (Å²) in [4.78, 5) is 41.4. The molecule has 13 heteroatoms. The lowest BCUT2D eigenvalue weighted by molar-refractivity contribution is 0.0955. The van der Waals surface area contributed by atoms with Crippen molar-refractivity contribution in [2.45, 2.75) is 13.0 Å². The molecule has 0 saturated carbocycles. The number of primary amides is 1. The van der Waals surface area contributed by atoms with Crippen molar-refractivity contribution in [3.05, 3.63) is 81.4 Å². The number of benzene rings is 2. The number of aromatic amines is 1. The van der Waals surface area contributed by atoms with Crippen molar-refractivity contribution < 1.29 is 14.0 Å². The van der Waals surface area contributed by atoms with Gasteiger partial charge in [-0.3, -0.25) is 9.59 Å². The molecule has 0 bridgehead atoms. The van der Waals surface area contributed by atoms with Gasteiger partial charge in [-0.25, -0.2) is 18.6 Å². The van der Waals surface area contributed by atoms with Crippen molar-refractivity contribution in [2.24, 2.45) is 12.8 Å². The molecular formula is C25H24FN9O3. The van der Waals surface area contributed by atoms with Crippen molar-refractivity contribution in [1.82, 2.24) is 40.0 Å². The Balaban J connectivity index is 0.000000179. The Morgan fingerprint density at radius 2 is 1.97 bits per heavy atom. The maximum atomic E-state index is 13.9. The Morgan fingerprint density at radius 1 is 1.21 bits per heavy atom. The standard InChI is InChI=1S/C19H18FN3O.C6H6N6O2/c1-21-10-11-2-4-12(5-3-11)18-14-6-7-22-19(24)15-8-13(20)9-16(23-18)17(14)15;1-11-6(14)12-2-8-3(4(7)13)5(12)9-10-11/h2-5,8-9,21,23H,6-7,10H2,1H3,(H,22,24);2H,1H3,(H2,7,13). The second kappa shape index (κ2) is 9.86. The third-order valence-electron chi connectivity index (χ3n) is 6.23. The van der Waals surface area contributed by atoms with Crippen LogP contribution in [0.2, 0.25) is 0 Å². The van der Waals surface area contributed by atoms with E-state index in [0.29, 0.717) is 17.6 Å². The minimum absolute atomic E-state index is 0.0600. The quantitative estimate of drug-likeness (QED) is 0.275. The first-order chi connectivity index (χ1) is 18.3. The summed E-state index contributed by atoms with van der Waals surface area (Å²) in [6, 6.07) is 11.0. The van der Waals surface area contributed by atoms with Gasteiger partial charge in [0.1, 0.15) is 12.1 Å². The number of carbonyl (C=O) groups excluding carboxylic acids is 2. The van der Waals surface area contributed by atoms with E-state index in [1.54, 1.807) is 0 Å². The lowest BCUT2D eigenvalue weighted by Gasteiger charge is -2.06. The second-order valence-corrected chi connectivity index (χ2v) is 8.73. The molecule has 3 aromatic heterocycles. The van der Waals surface area contributed by atoms with Crippen molar-refractivity contribution >= 4 is 28.4 Å². The topological polar surface area (TPSA) is 165 Å². The van der Waals surface area contributed by atoms with Crippen LogP contribution in [-0.4, -0.2) is 54.8 Å². The molecule has 0 radical (unpaired) electrons. The molecule has 38 heavy (non-hydrogen) atoms. The molecule has 6 rings (SSSR count). The number of aryl methyl sites for hydroxylation is 1. The second-order valence-electron chi connectivity index (χ2n) is 8.73. The largest absolute Gasteiger partial charge is 0.364 e. The maximum absolute atomic E-state index is 13.9. The van der Waals surface area contributed by atoms with Gasteiger partial charge < -0.3 is 21.4 Å². The van der Waals surface area contributed by atoms with Crippen molar-refractivity contribution in [2.75, 3.05) is 13.6 Å². The van der Waals surface area contributed by atoms with Crippen LogP contribution in [0.5, 0.6) is 0 Å². The third-order valence-corrected chi connectivity index (χ3v) is 6.23. The Bertz CT molecular complexity index is 1750. The van der Waals surface area contributed by atoms with Crippen LogP contribution in [0.1, 0.15) is 32.0 Å². The normalized spacial score (nSPS) is 12.7. The van der Waals surface area contributed by atoms with E-state index in [0.717, 1.165) is 44.3 Å². The monoisotopic (exact) mass is 517 g/mol. The summed E-state index contributed by atoms with van der Waals surface area (Å²) in [6.07, 6.45) is 1.91. The van der Waals surface area contributed by atoms with Crippen LogP contribution in [0.4, 0.5) is 4.39 Å². The highest BCUT2D eigenvalue weighted by atomic mass is 19.1. The molecule has 0 aliphatic carbocycles. The van der Waals surface area contributed by atoms with Crippen molar-refractivity contribution in [3.63, 3.8) is 0 Å². The van der Waals surface area contributed by atoms with Crippen LogP contribution in [0, 0.1) is 5.82 Å². The number of fused-ring (bicyclic) bond motifs is 1. The van der Waals surface area contributed by atoms with Crippen LogP contribution in [0.25, 0.3) is 27.8 Å². The lowest BCUT2D eigenvalue weighted by atomic mass is 9.99. The minimum atomic E-state index is -0.741. The van der Waals surface area contributed by atoms with E-state index in [1.165, 1.54) is 31.1 Å². The predicted octanol–water partition coefficient (Wildman–Crippen LogP) is 0.901. The van der Waals surface area contributed by atoms with E-state index >= 15 is 0 Å². The first kappa shape index (κ1) is 24.8. The summed E-state index contributed by atoms with van der Waals surface area (Å²) in [5.41, 5.74) is 9.95. The minimum Gasteiger partial charge on any atom is -0.364 e. The summed E-state index contributed by atoms with van der Waals surface area (Å²) >= 11 is 0. The number of imidazole rings is 1. The van der Waals surface area contributed by atoms with Gasteiger partial charge in [0.15, 0.2) is 11.3 Å². The van der Waals surface area contributed by atoms with Crippen LogP contribution in [0.15, 0.2) is 47.5 Å². The molecule has 0 fully saturated rings. The van der Waals surface area contributed by atoms with Gasteiger partial charge in [0.2, 0.25) is 0 Å². The Labute approximate surface area is 214 Å². The zero-order valence-corrected chi connectivity index (χ0v) is 20.6. The molecule has 0 saturated heterocycles. The Hall–Kier alpha value is -4.91. The number of H-pyrrole nitrogens is 1. The van der Waals surface area contributed by atoms with Gasteiger partial charge in [-0.1, -0.05) is 29.5 Å². The number of halogens is 1. The van der Waals surface area contributed by atoms with E-state index in [1.807, 2.05) is 7.05 Å². The van der Waals surface area contributed by atoms with E-state index < -0.39 is 17.4 Å². The van der Waals surface area contributed by atoms with E-state index in [9.17, 15) is 18.8 Å². The van der Waals surface area contributed by atoms with Gasteiger partial charge in [-0.15, -0.1) is 5.10 Å². The van der Waals surface area contributed by atoms with Gasteiger partial charge in [0.25, 0.3) is 11.8 Å². The van der Waals surface area contributed by atoms with Crippen LogP contribution < -0.4 is 22.1 Å². The Kier molecular flexibility index (Phi) is 6.43. The average Bonchev–Trinajstić information content (AvgIpc) is 3.44. The number of amides is 2. The summed E-state index contributed by atoms with van der Waals surface area (Å²) in [6.45, 7) is 1.36. The first-order valence-corrected chi connectivity index (χ1v) is 11.7. The van der Waals surface area contributed by atoms with E-state index in [-0.39, 0.29) is 17.2 Å². The summed E-state index contributed by atoms with van der Waals surface area (Å²) in [5.74, 6) is -1.36. The molecule has 4 heterocycles. The number of nitrogens with two attached hydrogens (primary N) is 1. The molecule has 5 N–H and O–H groups in total. The van der Waals surface area contributed by atoms with Crippen molar-refractivity contribution in [3.8, 4) is 11.3 Å². The molecule has 12 nitrogen and oxygen atoms in total. The summed E-state index contributed by atoms with van der Waals surface area (Å²) in [7, 11) is 3.36. The van der Waals surface area contributed by atoms with Crippen LogP contribution in [0.3, 0.4) is 0 Å². The fourth-order valence-electron chi connectivity index (χ4n) is 4.49. The van der Waals surface area contributed by atoms with Crippen LogP contribution >= 0.6 is 0 Å². The number of hydrogen-bond donors (Lipinski definition) is 4. The molecule has 1 aliphatic heterocycles. The number of rotatable bonds is 4. The molecule has 1 aliphatic rings. The van der Waals surface area contributed by atoms with Crippen LogP contribution in [-0.2, 0) is 20.0 Å². The van der Waals surface area contributed by atoms with Gasteiger partial charge in [0, 0.05) is 36.7 Å². The molecule has 0 unspecified atom stereocenters. The van der Waals surface area contributed by atoms with Gasteiger partial charge in [0.05, 0.1) is 5.56 Å². The highest BCUT2D eigenvalue weighted by molar-refractivity contribution is 6.10. The number of hydrogen-bond acceptors (Lipinski definition) is 7.